The molecule has 0 spiro atoms. The van der Waals surface area contributed by atoms with Gasteiger partial charge in [0, 0.05) is 40.5 Å². The summed E-state index contributed by atoms with van der Waals surface area (Å²) in [4.78, 5) is 50.4. The molecule has 0 aliphatic carbocycles. The molecule has 6 atom stereocenters. The number of halogens is 3. The predicted molar refractivity (Wildman–Crippen MR) is 199 cm³/mol. The zero-order chi connectivity index (χ0) is 40.1. The number of ether oxygens (including phenoxy) is 4. The first-order valence-corrected chi connectivity index (χ1v) is 17.7. The Morgan fingerprint density at radius 1 is 1.19 bits per heavy atom. The number of amides is 3. The van der Waals surface area contributed by atoms with E-state index in [1.54, 1.807) is 31.2 Å². The largest absolute Gasteiger partial charge is 0.495 e. The van der Waals surface area contributed by atoms with Gasteiger partial charge >= 0.3 is 12.1 Å². The smallest absolute Gasteiger partial charge is 0.409 e. The van der Waals surface area contributed by atoms with Crippen LogP contribution in [0.2, 0.25) is 10.0 Å². The minimum Gasteiger partial charge on any atom is -0.495 e. The van der Waals surface area contributed by atoms with Crippen LogP contribution in [0.25, 0.3) is 0 Å². The maximum Gasteiger partial charge on any atom is 0.409 e. The number of carboxylic acids is 1. The van der Waals surface area contributed by atoms with Gasteiger partial charge in [0.1, 0.15) is 34.8 Å². The second kappa shape index (κ2) is 17.8. The molecule has 14 nitrogen and oxygen atoms in total. The fraction of sp³-hybridized carbons (Fsp3) is 0.459. The summed E-state index contributed by atoms with van der Waals surface area (Å²) < 4.78 is 35.4. The average molecular weight is 796 g/mol. The van der Waals surface area contributed by atoms with Crippen LogP contribution in [0.15, 0.2) is 48.1 Å². The Bertz CT molecular complexity index is 1830. The third-order valence-corrected chi connectivity index (χ3v) is 10.1. The minimum atomic E-state index is -1.63. The predicted octanol–water partition coefficient (Wildman–Crippen LogP) is 5.12. The Hall–Kier alpha value is -4.41. The van der Waals surface area contributed by atoms with Gasteiger partial charge in [-0.1, -0.05) is 47.0 Å². The average Bonchev–Trinajstić information content (AvgIpc) is 3.86. The van der Waals surface area contributed by atoms with Crippen molar-refractivity contribution in [3.8, 4) is 5.75 Å². The van der Waals surface area contributed by atoms with Crippen molar-refractivity contribution in [2.24, 2.45) is 0 Å². The number of likely N-dealkylation sites (N-methyl/N-ethyl adjacent to an activating group) is 1. The summed E-state index contributed by atoms with van der Waals surface area (Å²) in [5.74, 6) is -2.23. The normalized spacial score (nSPS) is 26.3. The standard InChI is InChI=1S/C26H33ClN2O7.C11H12ClFN2O3/c1-15-6-5-7-22(34-4)26(32)14-17(35-25(31)28-26)13-20-19(36-20)8-9-23(30)29(2)18-11-16(10-15)12-21(33-3)24(18)27;1-5(11(17)18)15(2)10(16)6-3-8(13)9(14)4-7(6)12/h5-7,11-12,17,19-20,22,32H,8-10,13-14H2,1-4H3,(H,28,31);3-5H,14H2,1-2H3,(H,17,18)/b7-5+,15-6+;/t17?,19?,20?,22-,26+;5-/m10/s1. The SMILES string of the molecule is COc1cc2cc(c1Cl)N(C)C(=O)CCC1OC1CC1C[C@@](O)(NC(=O)O1)[C@H](OC)/C=C/C=C(\C)C2.C[C@@H](C(=O)O)N(C)C(=O)c1cc(F)c(N)cc1Cl. The van der Waals surface area contributed by atoms with Crippen LogP contribution >= 0.6 is 23.2 Å². The number of fused-ring (bicyclic) bond motifs is 5. The van der Waals surface area contributed by atoms with Crippen LogP contribution in [0.4, 0.5) is 20.6 Å². The molecule has 294 valence electrons. The number of aliphatic carboxylic acids is 1. The van der Waals surface area contributed by atoms with Gasteiger partial charge in [-0.3, -0.25) is 14.9 Å². The monoisotopic (exact) mass is 794 g/mol. The van der Waals surface area contributed by atoms with Crippen molar-refractivity contribution in [1.82, 2.24) is 10.2 Å². The molecular formula is C37H45Cl2FN4O10. The number of aliphatic hydroxyl groups is 1. The van der Waals surface area contributed by atoms with Crippen LogP contribution in [-0.2, 0) is 30.2 Å². The number of nitrogen functional groups attached to an aromatic ring is 1. The van der Waals surface area contributed by atoms with Gasteiger partial charge in [-0.15, -0.1) is 0 Å². The number of carbonyl (C=O) groups excluding carboxylic acids is 3. The number of anilines is 2. The maximum absolute atomic E-state index is 13.3. The highest BCUT2D eigenvalue weighted by atomic mass is 35.5. The Morgan fingerprint density at radius 3 is 2.54 bits per heavy atom. The van der Waals surface area contributed by atoms with E-state index in [4.69, 9.17) is 53.0 Å². The number of hydrogen-bond acceptors (Lipinski definition) is 10. The van der Waals surface area contributed by atoms with Crippen molar-refractivity contribution in [3.05, 3.63) is 75.1 Å². The molecule has 0 saturated carbocycles. The van der Waals surface area contributed by atoms with Crippen LogP contribution in [0.5, 0.6) is 5.75 Å². The van der Waals surface area contributed by atoms with Crippen molar-refractivity contribution in [2.75, 3.05) is 38.9 Å². The molecule has 3 aliphatic rings. The van der Waals surface area contributed by atoms with Crippen molar-refractivity contribution in [1.29, 1.82) is 0 Å². The van der Waals surface area contributed by atoms with E-state index < -0.39 is 47.8 Å². The fourth-order valence-corrected chi connectivity index (χ4v) is 6.67. The molecule has 17 heteroatoms. The highest BCUT2D eigenvalue weighted by molar-refractivity contribution is 6.35. The summed E-state index contributed by atoms with van der Waals surface area (Å²) in [6.45, 7) is 3.30. The lowest BCUT2D eigenvalue weighted by atomic mass is 9.93. The molecule has 5 rings (SSSR count). The molecule has 2 fully saturated rings. The zero-order valence-corrected chi connectivity index (χ0v) is 32.2. The van der Waals surface area contributed by atoms with Crippen molar-refractivity contribution in [2.45, 2.75) is 82.1 Å². The Morgan fingerprint density at radius 2 is 1.89 bits per heavy atom. The van der Waals surface area contributed by atoms with Crippen molar-refractivity contribution in [3.63, 3.8) is 0 Å². The minimum absolute atomic E-state index is 0.0247. The number of allylic oxidation sites excluding steroid dienone is 3. The third kappa shape index (κ3) is 10.2. The van der Waals surface area contributed by atoms with E-state index in [9.17, 15) is 28.7 Å². The first-order chi connectivity index (χ1) is 25.4. The maximum atomic E-state index is 13.3. The topological polar surface area (TPSA) is 193 Å². The van der Waals surface area contributed by atoms with Crippen LogP contribution in [0, 0.1) is 5.82 Å². The molecule has 0 radical (unpaired) electrons. The Balaban J connectivity index is 0.000000304. The molecule has 5 N–H and O–H groups in total. The van der Waals surface area contributed by atoms with E-state index in [1.165, 1.54) is 21.1 Å². The number of nitrogens with zero attached hydrogens (tertiary/aromatic N) is 2. The molecule has 2 aromatic rings. The van der Waals surface area contributed by atoms with Crippen LogP contribution in [-0.4, -0.2) is 103 Å². The van der Waals surface area contributed by atoms with Gasteiger partial charge in [-0.2, -0.15) is 0 Å². The number of nitrogens with two attached hydrogens (primary N) is 1. The fourth-order valence-electron chi connectivity index (χ4n) is 6.11. The summed E-state index contributed by atoms with van der Waals surface area (Å²) in [6.07, 6.45) is 5.03. The number of nitrogens with one attached hydrogen (secondary N) is 1. The van der Waals surface area contributed by atoms with E-state index in [0.717, 1.165) is 28.2 Å². The quantitative estimate of drug-likeness (QED) is 0.232. The van der Waals surface area contributed by atoms with Crippen LogP contribution in [0.3, 0.4) is 0 Å². The number of carbonyl (C=O) groups is 4. The zero-order valence-electron chi connectivity index (χ0n) is 30.7. The lowest BCUT2D eigenvalue weighted by Gasteiger charge is -2.40. The molecule has 54 heavy (non-hydrogen) atoms. The number of rotatable bonds is 5. The molecule has 3 unspecified atom stereocenters. The van der Waals surface area contributed by atoms with Gasteiger partial charge in [0.2, 0.25) is 5.91 Å². The van der Waals surface area contributed by atoms with Gasteiger partial charge in [0.05, 0.1) is 41.3 Å². The third-order valence-electron chi connectivity index (χ3n) is 9.44. The molecule has 2 saturated heterocycles. The molecule has 3 heterocycles. The molecule has 4 bridgehead atoms. The highest BCUT2D eigenvalue weighted by Gasteiger charge is 2.48. The Kier molecular flexibility index (Phi) is 14.0. The first kappa shape index (κ1) is 42.3. The summed E-state index contributed by atoms with van der Waals surface area (Å²) in [5.41, 5.74) is 5.89. The summed E-state index contributed by atoms with van der Waals surface area (Å²) in [6, 6.07) is 4.71. The summed E-state index contributed by atoms with van der Waals surface area (Å²) >= 11 is 12.3. The Labute approximate surface area is 322 Å². The first-order valence-electron chi connectivity index (χ1n) is 17.0. The van der Waals surface area contributed by atoms with Crippen LogP contribution in [0.1, 0.15) is 55.5 Å². The van der Waals surface area contributed by atoms with Gasteiger partial charge in [-0.25, -0.2) is 14.0 Å². The van der Waals surface area contributed by atoms with Crippen LogP contribution < -0.4 is 20.7 Å². The summed E-state index contributed by atoms with van der Waals surface area (Å²) in [7, 11) is 6.02. The van der Waals surface area contributed by atoms with Gasteiger partial charge in [0.25, 0.3) is 5.91 Å². The molecule has 2 aromatic carbocycles. The highest BCUT2D eigenvalue weighted by Crippen LogP contribution is 2.38. The van der Waals surface area contributed by atoms with E-state index in [-0.39, 0.29) is 47.2 Å². The van der Waals surface area contributed by atoms with Gasteiger partial charge in [0.15, 0.2) is 5.72 Å². The van der Waals surface area contributed by atoms with Crippen molar-refractivity contribution < 1.29 is 52.7 Å². The number of hydrogen-bond donors (Lipinski definition) is 4. The lowest BCUT2D eigenvalue weighted by molar-refractivity contribution is -0.141. The number of alkyl carbamates (subject to hydrolysis) is 1. The molecule has 3 aliphatic heterocycles. The number of benzene rings is 2. The number of carboxylic acid groups (broad SMARTS) is 1. The number of epoxide rings is 1. The second-order valence-corrected chi connectivity index (χ2v) is 14.2. The second-order valence-electron chi connectivity index (χ2n) is 13.4. The van der Waals surface area contributed by atoms with Gasteiger partial charge in [-0.05, 0) is 56.5 Å². The van der Waals surface area contributed by atoms with Gasteiger partial charge < -0.3 is 44.7 Å². The molecule has 3 amide bonds. The van der Waals surface area contributed by atoms with Crippen molar-refractivity contribution >= 4 is 58.5 Å². The molecular weight excluding hydrogens is 750 g/mol. The van der Waals surface area contributed by atoms with E-state index in [0.29, 0.717) is 35.7 Å². The number of methoxy groups -OCH3 is 2. The lowest BCUT2D eigenvalue weighted by Crippen LogP contribution is -2.62. The van der Waals surface area contributed by atoms with E-state index >= 15 is 0 Å². The summed E-state index contributed by atoms with van der Waals surface area (Å²) in [5, 5.41) is 22.9. The molecule has 0 aromatic heterocycles. The van der Waals surface area contributed by atoms with E-state index in [2.05, 4.69) is 5.32 Å². The van der Waals surface area contributed by atoms with E-state index in [1.807, 2.05) is 25.1 Å².